The van der Waals surface area contributed by atoms with Crippen LogP contribution in [0.4, 0.5) is 5.69 Å². The van der Waals surface area contributed by atoms with Gasteiger partial charge >= 0.3 is 0 Å². The Kier molecular flexibility index (Phi) is 5.81. The minimum atomic E-state index is -0.210. The molecule has 0 aliphatic rings. The van der Waals surface area contributed by atoms with E-state index in [0.29, 0.717) is 18.1 Å². The second-order valence-electron chi connectivity index (χ2n) is 6.46. The number of carbonyl (C=O) groups is 1. The third-order valence-electron chi connectivity index (χ3n) is 4.46. The maximum absolute atomic E-state index is 12.3. The molecule has 6 nitrogen and oxygen atoms in total. The molecule has 0 bridgehead atoms. The minimum absolute atomic E-state index is 0.210. The lowest BCUT2D eigenvalue weighted by Gasteiger charge is -2.09. The van der Waals surface area contributed by atoms with Crippen LogP contribution in [0, 0.1) is 0 Å². The Morgan fingerprint density at radius 3 is 2.77 bits per heavy atom. The zero-order chi connectivity index (χ0) is 20.9. The molecule has 0 fully saturated rings. The molecule has 0 saturated heterocycles. The van der Waals surface area contributed by atoms with Crippen LogP contribution in [0.2, 0.25) is 0 Å². The van der Waals surface area contributed by atoms with Crippen LogP contribution in [-0.4, -0.2) is 29.0 Å². The van der Waals surface area contributed by atoms with Crippen LogP contribution in [-0.2, 0) is 4.79 Å². The molecule has 0 atom stereocenters. The molecule has 4 rings (SSSR count). The lowest BCUT2D eigenvalue weighted by molar-refractivity contribution is -0.111. The zero-order valence-electron chi connectivity index (χ0n) is 16.7. The first-order valence-electron chi connectivity index (χ1n) is 9.49. The van der Waals surface area contributed by atoms with Gasteiger partial charge in [-0.1, -0.05) is 18.2 Å². The number of rotatable bonds is 7. The standard InChI is InChI=1S/C23H21N3O3S/c1-3-29-20-10-4-16(14-21(20)28-2)5-11-22(27)24-18-8-6-17(7-9-18)19-15-26-12-13-30-23(26)25-19/h4-15H,3H2,1-2H3,(H,24,27)/b11-5+. The van der Waals surface area contributed by atoms with Gasteiger partial charge in [-0.25, -0.2) is 4.98 Å². The number of methoxy groups -OCH3 is 1. The van der Waals surface area contributed by atoms with Gasteiger partial charge in [0.1, 0.15) is 0 Å². The summed E-state index contributed by atoms with van der Waals surface area (Å²) in [4.78, 5) is 17.8. The first-order valence-corrected chi connectivity index (χ1v) is 10.4. The van der Waals surface area contributed by atoms with E-state index in [4.69, 9.17) is 9.47 Å². The molecule has 2 aromatic heterocycles. The van der Waals surface area contributed by atoms with Crippen molar-refractivity contribution in [2.75, 3.05) is 19.0 Å². The van der Waals surface area contributed by atoms with Gasteiger partial charge in [0.2, 0.25) is 5.91 Å². The zero-order valence-corrected chi connectivity index (χ0v) is 17.5. The van der Waals surface area contributed by atoms with Crippen molar-refractivity contribution in [1.29, 1.82) is 0 Å². The van der Waals surface area contributed by atoms with Crippen LogP contribution in [0.5, 0.6) is 11.5 Å². The van der Waals surface area contributed by atoms with Gasteiger partial charge in [0.15, 0.2) is 16.5 Å². The number of imidazole rings is 1. The number of ether oxygens (including phenoxy) is 2. The average Bonchev–Trinajstić information content (AvgIpc) is 3.36. The summed E-state index contributed by atoms with van der Waals surface area (Å²) in [5, 5.41) is 4.87. The van der Waals surface area contributed by atoms with Crippen LogP contribution in [0.1, 0.15) is 12.5 Å². The van der Waals surface area contributed by atoms with Crippen molar-refractivity contribution in [3.05, 3.63) is 71.9 Å². The highest BCUT2D eigenvalue weighted by Gasteiger charge is 2.07. The van der Waals surface area contributed by atoms with Crippen LogP contribution in [0.25, 0.3) is 22.3 Å². The lowest BCUT2D eigenvalue weighted by atomic mass is 10.1. The molecule has 0 radical (unpaired) electrons. The molecule has 7 heteroatoms. The van der Waals surface area contributed by atoms with E-state index in [-0.39, 0.29) is 5.91 Å². The maximum atomic E-state index is 12.3. The number of nitrogens with one attached hydrogen (secondary N) is 1. The van der Waals surface area contributed by atoms with Gasteiger partial charge in [0.05, 0.1) is 19.4 Å². The fourth-order valence-corrected chi connectivity index (χ4v) is 3.71. The van der Waals surface area contributed by atoms with Crippen LogP contribution in [0.15, 0.2) is 66.3 Å². The summed E-state index contributed by atoms with van der Waals surface area (Å²) in [5.74, 6) is 1.10. The first kappa shape index (κ1) is 19.7. The van der Waals surface area contributed by atoms with Crippen LogP contribution >= 0.6 is 11.3 Å². The molecule has 30 heavy (non-hydrogen) atoms. The average molecular weight is 420 g/mol. The smallest absolute Gasteiger partial charge is 0.248 e. The van der Waals surface area contributed by atoms with Gasteiger partial charge in [0.25, 0.3) is 0 Å². The molecule has 2 heterocycles. The Bertz CT molecular complexity index is 1160. The molecule has 152 valence electrons. The van der Waals surface area contributed by atoms with Gasteiger partial charge in [0, 0.05) is 35.1 Å². The number of hydrogen-bond acceptors (Lipinski definition) is 5. The largest absolute Gasteiger partial charge is 0.493 e. The molecule has 2 aromatic carbocycles. The van der Waals surface area contributed by atoms with Gasteiger partial charge < -0.3 is 14.8 Å². The van der Waals surface area contributed by atoms with E-state index in [9.17, 15) is 4.79 Å². The molecular weight excluding hydrogens is 398 g/mol. The minimum Gasteiger partial charge on any atom is -0.493 e. The van der Waals surface area contributed by atoms with Crippen LogP contribution in [0.3, 0.4) is 0 Å². The highest BCUT2D eigenvalue weighted by Crippen LogP contribution is 2.28. The van der Waals surface area contributed by atoms with Crippen molar-refractivity contribution in [2.45, 2.75) is 6.92 Å². The number of fused-ring (bicyclic) bond motifs is 1. The molecule has 4 aromatic rings. The van der Waals surface area contributed by atoms with Crippen molar-refractivity contribution in [3.63, 3.8) is 0 Å². The summed E-state index contributed by atoms with van der Waals surface area (Å²) in [5.41, 5.74) is 3.48. The molecular formula is C23H21N3O3S. The second kappa shape index (κ2) is 8.84. The fourth-order valence-electron chi connectivity index (χ4n) is 3.01. The van der Waals surface area contributed by atoms with Gasteiger partial charge in [-0.15, -0.1) is 11.3 Å². The highest BCUT2D eigenvalue weighted by molar-refractivity contribution is 7.15. The van der Waals surface area contributed by atoms with Crippen molar-refractivity contribution in [1.82, 2.24) is 9.38 Å². The number of nitrogens with zero attached hydrogens (tertiary/aromatic N) is 2. The van der Waals surface area contributed by atoms with E-state index in [1.165, 1.54) is 6.08 Å². The SMILES string of the molecule is CCOc1ccc(/C=C/C(=O)Nc2ccc(-c3cn4ccsc4n3)cc2)cc1OC. The number of aromatic nitrogens is 2. The molecule has 0 spiro atoms. The van der Waals surface area contributed by atoms with E-state index >= 15 is 0 Å². The van der Waals surface area contributed by atoms with Crippen molar-refractivity contribution in [2.24, 2.45) is 0 Å². The molecule has 1 amide bonds. The van der Waals surface area contributed by atoms with Crippen molar-refractivity contribution in [3.8, 4) is 22.8 Å². The second-order valence-corrected chi connectivity index (χ2v) is 7.34. The normalized spacial score (nSPS) is 11.1. The van der Waals surface area contributed by atoms with Gasteiger partial charge in [-0.2, -0.15) is 0 Å². The third kappa shape index (κ3) is 4.36. The number of amides is 1. The molecule has 0 saturated carbocycles. The summed E-state index contributed by atoms with van der Waals surface area (Å²) >= 11 is 1.60. The predicted octanol–water partition coefficient (Wildman–Crippen LogP) is 5.12. The quantitative estimate of drug-likeness (QED) is 0.422. The summed E-state index contributed by atoms with van der Waals surface area (Å²) in [6, 6.07) is 13.2. The first-order chi connectivity index (χ1) is 14.7. The summed E-state index contributed by atoms with van der Waals surface area (Å²) < 4.78 is 12.8. The molecule has 0 unspecified atom stereocenters. The maximum Gasteiger partial charge on any atom is 0.248 e. The molecule has 1 N–H and O–H groups in total. The number of hydrogen-bond donors (Lipinski definition) is 1. The predicted molar refractivity (Wildman–Crippen MR) is 120 cm³/mol. The number of anilines is 1. The monoisotopic (exact) mass is 419 g/mol. The van der Waals surface area contributed by atoms with E-state index in [1.807, 2.05) is 71.6 Å². The topological polar surface area (TPSA) is 64.9 Å². The summed E-state index contributed by atoms with van der Waals surface area (Å²) in [7, 11) is 1.59. The Morgan fingerprint density at radius 2 is 2.03 bits per heavy atom. The van der Waals surface area contributed by atoms with E-state index in [0.717, 1.165) is 27.5 Å². The van der Waals surface area contributed by atoms with Crippen molar-refractivity contribution < 1.29 is 14.3 Å². The third-order valence-corrected chi connectivity index (χ3v) is 5.23. The van der Waals surface area contributed by atoms with E-state index in [1.54, 1.807) is 24.5 Å². The Hall–Kier alpha value is -3.58. The number of benzene rings is 2. The van der Waals surface area contributed by atoms with E-state index in [2.05, 4.69) is 10.3 Å². The van der Waals surface area contributed by atoms with Gasteiger partial charge in [-0.3, -0.25) is 9.20 Å². The Morgan fingerprint density at radius 1 is 1.20 bits per heavy atom. The number of thiazole rings is 1. The summed E-state index contributed by atoms with van der Waals surface area (Å²) in [6.45, 7) is 2.48. The molecule has 0 aliphatic carbocycles. The summed E-state index contributed by atoms with van der Waals surface area (Å²) in [6.07, 6.45) is 7.21. The Labute approximate surface area is 178 Å². The van der Waals surface area contributed by atoms with Crippen molar-refractivity contribution >= 4 is 34.0 Å². The molecule has 0 aliphatic heterocycles. The lowest BCUT2D eigenvalue weighted by Crippen LogP contribution is -2.07. The highest BCUT2D eigenvalue weighted by atomic mass is 32.1. The van der Waals surface area contributed by atoms with Crippen LogP contribution < -0.4 is 14.8 Å². The van der Waals surface area contributed by atoms with E-state index < -0.39 is 0 Å². The van der Waals surface area contributed by atoms with Gasteiger partial charge in [-0.05, 0) is 42.8 Å². The Balaban J connectivity index is 1.40. The fraction of sp³-hybridized carbons (Fsp3) is 0.130. The number of carbonyl (C=O) groups excluding carboxylic acids is 1.